The summed E-state index contributed by atoms with van der Waals surface area (Å²) in [5, 5.41) is 9.43. The summed E-state index contributed by atoms with van der Waals surface area (Å²) in [6, 6.07) is 3.29. The van der Waals surface area contributed by atoms with Crippen LogP contribution >= 0.6 is 15.9 Å². The third kappa shape index (κ3) is 2.10. The lowest BCUT2D eigenvalue weighted by molar-refractivity contribution is 0.101. The van der Waals surface area contributed by atoms with E-state index in [4.69, 9.17) is 0 Å². The van der Waals surface area contributed by atoms with E-state index < -0.39 is 0 Å². The fraction of sp³-hybridized carbons (Fsp3) is 0.300. The van der Waals surface area contributed by atoms with Crippen LogP contribution in [0.5, 0.6) is 5.75 Å². The standard InChI is InChI=1S/C10H11BrO2/c1-3-7-4-8(6(2)12)10(13)5-9(7)11/h4-5,13H,3H2,1-2H3. The number of phenolic OH excluding ortho intramolecular Hbond substituents is 1. The summed E-state index contributed by atoms with van der Waals surface area (Å²) in [4.78, 5) is 11.1. The number of Topliss-reactive ketones (excluding diaryl/α,β-unsaturated/α-hetero) is 1. The second-order valence-corrected chi connectivity index (χ2v) is 3.72. The molecular weight excluding hydrogens is 232 g/mol. The van der Waals surface area contributed by atoms with Crippen molar-refractivity contribution in [2.75, 3.05) is 0 Å². The summed E-state index contributed by atoms with van der Waals surface area (Å²) in [6.07, 6.45) is 0.834. The van der Waals surface area contributed by atoms with Crippen LogP contribution in [0.1, 0.15) is 29.8 Å². The molecule has 0 aliphatic carbocycles. The molecule has 0 heterocycles. The summed E-state index contributed by atoms with van der Waals surface area (Å²) < 4.78 is 0.845. The number of phenols is 1. The molecule has 0 radical (unpaired) electrons. The third-order valence-corrected chi connectivity index (χ3v) is 2.66. The zero-order valence-corrected chi connectivity index (χ0v) is 9.18. The molecule has 1 rings (SSSR count). The van der Waals surface area contributed by atoms with Crippen LogP contribution in [-0.2, 0) is 6.42 Å². The van der Waals surface area contributed by atoms with Crippen molar-refractivity contribution >= 4 is 21.7 Å². The third-order valence-electron chi connectivity index (χ3n) is 1.92. The Balaban J connectivity index is 3.30. The van der Waals surface area contributed by atoms with Gasteiger partial charge in [0.05, 0.1) is 5.56 Å². The first-order valence-corrected chi connectivity index (χ1v) is 4.88. The van der Waals surface area contributed by atoms with Crippen molar-refractivity contribution in [3.8, 4) is 5.75 Å². The van der Waals surface area contributed by atoms with Crippen molar-refractivity contribution < 1.29 is 9.90 Å². The van der Waals surface area contributed by atoms with E-state index in [0.29, 0.717) is 5.56 Å². The second-order valence-electron chi connectivity index (χ2n) is 2.87. The molecule has 0 saturated heterocycles. The molecule has 0 unspecified atom stereocenters. The van der Waals surface area contributed by atoms with E-state index in [1.165, 1.54) is 6.92 Å². The molecule has 0 fully saturated rings. The van der Waals surface area contributed by atoms with Crippen LogP contribution < -0.4 is 0 Å². The number of hydrogen-bond acceptors (Lipinski definition) is 2. The predicted molar refractivity (Wildman–Crippen MR) is 55.2 cm³/mol. The molecule has 1 aromatic carbocycles. The summed E-state index contributed by atoms with van der Waals surface area (Å²) >= 11 is 3.32. The van der Waals surface area contributed by atoms with Crippen LogP contribution in [0, 0.1) is 0 Å². The van der Waals surface area contributed by atoms with Gasteiger partial charge in [-0.2, -0.15) is 0 Å². The SMILES string of the molecule is CCc1cc(C(C)=O)c(O)cc1Br. The second kappa shape index (κ2) is 3.92. The Kier molecular flexibility index (Phi) is 3.09. The molecule has 3 heteroatoms. The largest absolute Gasteiger partial charge is 0.507 e. The fourth-order valence-corrected chi connectivity index (χ4v) is 1.77. The first-order valence-electron chi connectivity index (χ1n) is 4.08. The van der Waals surface area contributed by atoms with Gasteiger partial charge in [0.25, 0.3) is 0 Å². The van der Waals surface area contributed by atoms with Crippen molar-refractivity contribution in [1.82, 2.24) is 0 Å². The molecule has 0 atom stereocenters. The summed E-state index contributed by atoms with van der Waals surface area (Å²) in [5.41, 5.74) is 1.42. The molecule has 0 aliphatic heterocycles. The number of carbonyl (C=O) groups excluding carboxylic acids is 1. The first-order chi connectivity index (χ1) is 6.06. The van der Waals surface area contributed by atoms with Crippen LogP contribution in [0.3, 0.4) is 0 Å². The molecule has 0 bridgehead atoms. The van der Waals surface area contributed by atoms with Crippen molar-refractivity contribution in [2.24, 2.45) is 0 Å². The molecule has 1 aromatic rings. The number of halogens is 1. The molecule has 70 valence electrons. The van der Waals surface area contributed by atoms with Gasteiger partial charge in [0.2, 0.25) is 0 Å². The van der Waals surface area contributed by atoms with Gasteiger partial charge in [0, 0.05) is 4.47 Å². The number of aromatic hydroxyl groups is 1. The number of carbonyl (C=O) groups is 1. The maximum absolute atomic E-state index is 11.1. The van der Waals surface area contributed by atoms with Gasteiger partial charge < -0.3 is 5.11 Å². The number of benzene rings is 1. The molecule has 0 amide bonds. The van der Waals surface area contributed by atoms with Gasteiger partial charge in [0.15, 0.2) is 5.78 Å². The van der Waals surface area contributed by atoms with Crippen LogP contribution in [0.25, 0.3) is 0 Å². The van der Waals surface area contributed by atoms with E-state index in [-0.39, 0.29) is 11.5 Å². The molecule has 0 aliphatic rings. The number of aryl methyl sites for hydroxylation is 1. The monoisotopic (exact) mass is 242 g/mol. The lowest BCUT2D eigenvalue weighted by Gasteiger charge is -2.05. The van der Waals surface area contributed by atoms with Gasteiger partial charge in [-0.3, -0.25) is 4.79 Å². The molecule has 0 saturated carbocycles. The van der Waals surface area contributed by atoms with Crippen LogP contribution in [0.2, 0.25) is 0 Å². The normalized spacial score (nSPS) is 10.1. The minimum absolute atomic E-state index is 0.0385. The van der Waals surface area contributed by atoms with Crippen molar-refractivity contribution in [2.45, 2.75) is 20.3 Å². The predicted octanol–water partition coefficient (Wildman–Crippen LogP) is 2.92. The van der Waals surface area contributed by atoms with E-state index in [2.05, 4.69) is 15.9 Å². The van der Waals surface area contributed by atoms with Crippen molar-refractivity contribution in [1.29, 1.82) is 0 Å². The zero-order valence-electron chi connectivity index (χ0n) is 7.60. The highest BCUT2D eigenvalue weighted by atomic mass is 79.9. The Morgan fingerprint density at radius 2 is 2.15 bits per heavy atom. The molecule has 0 aromatic heterocycles. The summed E-state index contributed by atoms with van der Waals surface area (Å²) in [5.74, 6) is -0.0729. The van der Waals surface area contributed by atoms with Crippen LogP contribution in [0.4, 0.5) is 0 Å². The Morgan fingerprint density at radius 3 is 2.62 bits per heavy atom. The average Bonchev–Trinajstić information content (AvgIpc) is 2.03. The Morgan fingerprint density at radius 1 is 1.54 bits per heavy atom. The Hall–Kier alpha value is -0.830. The average molecular weight is 243 g/mol. The van der Waals surface area contributed by atoms with Crippen LogP contribution in [-0.4, -0.2) is 10.9 Å². The summed E-state index contributed by atoms with van der Waals surface area (Å²) in [6.45, 7) is 3.45. The van der Waals surface area contributed by atoms with Gasteiger partial charge >= 0.3 is 0 Å². The van der Waals surface area contributed by atoms with Gasteiger partial charge in [0.1, 0.15) is 5.75 Å². The van der Waals surface area contributed by atoms with Gasteiger partial charge in [-0.05, 0) is 31.0 Å². The smallest absolute Gasteiger partial charge is 0.163 e. The lowest BCUT2D eigenvalue weighted by atomic mass is 10.1. The zero-order chi connectivity index (χ0) is 10.0. The van der Waals surface area contributed by atoms with Crippen molar-refractivity contribution in [3.05, 3.63) is 27.7 Å². The number of ketones is 1. The number of rotatable bonds is 2. The molecule has 2 nitrogen and oxygen atoms in total. The van der Waals surface area contributed by atoms with E-state index in [9.17, 15) is 9.90 Å². The van der Waals surface area contributed by atoms with E-state index in [0.717, 1.165) is 16.5 Å². The van der Waals surface area contributed by atoms with Gasteiger partial charge in [-0.15, -0.1) is 0 Å². The minimum atomic E-state index is -0.111. The highest BCUT2D eigenvalue weighted by Gasteiger charge is 2.09. The van der Waals surface area contributed by atoms with Crippen LogP contribution in [0.15, 0.2) is 16.6 Å². The van der Waals surface area contributed by atoms with Gasteiger partial charge in [-0.1, -0.05) is 22.9 Å². The minimum Gasteiger partial charge on any atom is -0.507 e. The van der Waals surface area contributed by atoms with Crippen molar-refractivity contribution in [3.63, 3.8) is 0 Å². The molecule has 0 spiro atoms. The maximum atomic E-state index is 11.1. The lowest BCUT2D eigenvalue weighted by Crippen LogP contribution is -1.95. The van der Waals surface area contributed by atoms with Gasteiger partial charge in [-0.25, -0.2) is 0 Å². The maximum Gasteiger partial charge on any atom is 0.163 e. The van der Waals surface area contributed by atoms with E-state index >= 15 is 0 Å². The topological polar surface area (TPSA) is 37.3 Å². The summed E-state index contributed by atoms with van der Waals surface area (Å²) in [7, 11) is 0. The fourth-order valence-electron chi connectivity index (χ4n) is 1.16. The molecule has 1 N–H and O–H groups in total. The first kappa shape index (κ1) is 10.3. The van der Waals surface area contributed by atoms with E-state index in [1.807, 2.05) is 6.92 Å². The highest BCUT2D eigenvalue weighted by Crippen LogP contribution is 2.27. The highest BCUT2D eigenvalue weighted by molar-refractivity contribution is 9.10. The molecular formula is C10H11BrO2. The van der Waals surface area contributed by atoms with E-state index in [1.54, 1.807) is 12.1 Å². The Labute approximate surface area is 85.7 Å². The molecule has 13 heavy (non-hydrogen) atoms. The Bertz CT molecular complexity index is 345. The quantitative estimate of drug-likeness (QED) is 0.811. The number of hydrogen-bond donors (Lipinski definition) is 1.